The minimum Gasteiger partial charge on any atom is -0.485 e. The molecule has 0 fully saturated rings. The van der Waals surface area contributed by atoms with Gasteiger partial charge in [0.2, 0.25) is 5.89 Å². The Morgan fingerprint density at radius 3 is 2.48 bits per heavy atom. The number of benzene rings is 3. The Bertz CT molecular complexity index is 1810. The Kier molecular flexibility index (Phi) is 6.37. The van der Waals surface area contributed by atoms with Gasteiger partial charge < -0.3 is 19.4 Å². The van der Waals surface area contributed by atoms with Gasteiger partial charge in [-0.15, -0.1) is 5.10 Å². The van der Waals surface area contributed by atoms with E-state index < -0.39 is 5.91 Å². The van der Waals surface area contributed by atoms with Gasteiger partial charge in [-0.05, 0) is 55.0 Å². The number of rotatable bonds is 8. The summed E-state index contributed by atoms with van der Waals surface area (Å²) in [5.74, 6) is 0.464. The minimum absolute atomic E-state index is 0.0130. The number of nitrogens with zero attached hydrogens (tertiary/aromatic N) is 5. The maximum atomic E-state index is 13.4. The van der Waals surface area contributed by atoms with E-state index in [1.54, 1.807) is 30.3 Å². The maximum Gasteiger partial charge on any atom is 0.273 e. The molecule has 10 nitrogen and oxygen atoms in total. The van der Waals surface area contributed by atoms with Crippen molar-refractivity contribution in [1.29, 1.82) is 0 Å². The van der Waals surface area contributed by atoms with Crippen LogP contribution < -0.4 is 10.5 Å². The van der Waals surface area contributed by atoms with Crippen LogP contribution in [-0.2, 0) is 6.61 Å². The average molecular weight is 537 g/mol. The van der Waals surface area contributed by atoms with Crippen LogP contribution >= 0.6 is 0 Å². The molecule has 3 heterocycles. The van der Waals surface area contributed by atoms with Gasteiger partial charge >= 0.3 is 0 Å². The summed E-state index contributed by atoms with van der Waals surface area (Å²) < 4.78 is 32.2. The molecule has 0 saturated carbocycles. The van der Waals surface area contributed by atoms with E-state index in [2.05, 4.69) is 20.2 Å². The van der Waals surface area contributed by atoms with Gasteiger partial charge in [0.1, 0.15) is 18.2 Å². The van der Waals surface area contributed by atoms with E-state index in [0.29, 0.717) is 22.6 Å². The molecule has 0 atom stereocenters. The highest BCUT2D eigenvalue weighted by Crippen LogP contribution is 2.30. The number of halogens is 1. The fourth-order valence-corrected chi connectivity index (χ4v) is 4.04. The van der Waals surface area contributed by atoms with Crippen LogP contribution in [0, 0.1) is 12.7 Å². The predicted molar refractivity (Wildman–Crippen MR) is 142 cm³/mol. The van der Waals surface area contributed by atoms with Crippen LogP contribution in [-0.4, -0.2) is 30.8 Å². The van der Waals surface area contributed by atoms with Crippen molar-refractivity contribution in [2.24, 2.45) is 5.73 Å². The molecule has 0 radical (unpaired) electrons. The first kappa shape index (κ1) is 24.7. The quantitative estimate of drug-likeness (QED) is 0.274. The molecule has 11 heteroatoms. The summed E-state index contributed by atoms with van der Waals surface area (Å²) in [5, 5.41) is 8.70. The number of hydrogen-bond donors (Lipinski definition) is 1. The molecule has 0 bridgehead atoms. The second-order valence-corrected chi connectivity index (χ2v) is 8.80. The number of aryl methyl sites for hydroxylation is 1. The highest BCUT2D eigenvalue weighted by molar-refractivity contribution is 5.94. The van der Waals surface area contributed by atoms with Gasteiger partial charge in [0.15, 0.2) is 28.8 Å². The van der Waals surface area contributed by atoms with E-state index in [4.69, 9.17) is 19.4 Å². The van der Waals surface area contributed by atoms with E-state index in [0.717, 1.165) is 5.56 Å². The van der Waals surface area contributed by atoms with E-state index in [9.17, 15) is 9.18 Å². The number of ether oxygens (including phenoxy) is 1. The number of aromatic nitrogens is 5. The zero-order chi connectivity index (χ0) is 27.6. The number of amides is 1. The zero-order valence-corrected chi connectivity index (χ0v) is 21.1. The third-order valence-corrected chi connectivity index (χ3v) is 6.03. The fraction of sp³-hybridized carbons (Fsp3) is 0.0690. The van der Waals surface area contributed by atoms with E-state index >= 15 is 0 Å². The lowest BCUT2D eigenvalue weighted by Gasteiger charge is -2.06. The summed E-state index contributed by atoms with van der Waals surface area (Å²) in [5.41, 5.74) is 8.00. The molecule has 0 aliphatic heterocycles. The molecule has 1 amide bonds. The molecule has 40 heavy (non-hydrogen) atoms. The lowest BCUT2D eigenvalue weighted by molar-refractivity contribution is 0.0995. The van der Waals surface area contributed by atoms with E-state index in [-0.39, 0.29) is 47.2 Å². The highest BCUT2D eigenvalue weighted by Gasteiger charge is 2.27. The predicted octanol–water partition coefficient (Wildman–Crippen LogP) is 5.37. The van der Waals surface area contributed by atoms with Gasteiger partial charge in [-0.3, -0.25) is 4.79 Å². The smallest absolute Gasteiger partial charge is 0.273 e. The van der Waals surface area contributed by atoms with Crippen LogP contribution in [0.5, 0.6) is 5.75 Å². The minimum atomic E-state index is -0.813. The van der Waals surface area contributed by atoms with Crippen molar-refractivity contribution in [2.45, 2.75) is 13.5 Å². The normalized spacial score (nSPS) is 11.1. The molecule has 6 aromatic rings. The summed E-state index contributed by atoms with van der Waals surface area (Å²) in [6.45, 7) is 1.94. The highest BCUT2D eigenvalue weighted by atomic mass is 19.1. The van der Waals surface area contributed by atoms with Crippen molar-refractivity contribution in [3.05, 3.63) is 108 Å². The molecule has 0 spiro atoms. The number of oxazole rings is 1. The Hall–Kier alpha value is -5.58. The molecule has 0 saturated heterocycles. The SMILES string of the molecule is Cc1ccccc1OCc1nc(-c2cc(-c3ccc(F)cc3)on2)n(-c2oc(-c3ccccc3)nc2C(N)=O)n1. The lowest BCUT2D eigenvalue weighted by Crippen LogP contribution is -2.15. The Labute approximate surface area is 226 Å². The van der Waals surface area contributed by atoms with E-state index in [1.807, 2.05) is 49.4 Å². The fourth-order valence-electron chi connectivity index (χ4n) is 4.04. The van der Waals surface area contributed by atoms with Gasteiger partial charge in [0.05, 0.1) is 0 Å². The van der Waals surface area contributed by atoms with Gasteiger partial charge in [-0.2, -0.15) is 4.68 Å². The largest absolute Gasteiger partial charge is 0.485 e. The molecule has 0 unspecified atom stereocenters. The third kappa shape index (κ3) is 4.83. The standard InChI is InChI=1S/C29H21FN6O4/c1-17-7-5-6-10-22(17)38-16-24-32-27(21-15-23(40-35-21)18-11-13-20(30)14-12-18)36(34-24)29-25(26(31)37)33-28(39-29)19-8-3-2-4-9-19/h2-15H,16H2,1H3,(H2,31,37). The molecule has 3 aromatic heterocycles. The molecular formula is C29H21FN6O4. The molecule has 0 aliphatic rings. The zero-order valence-electron chi connectivity index (χ0n) is 21.1. The topological polar surface area (TPSA) is 135 Å². The first-order valence-electron chi connectivity index (χ1n) is 12.2. The summed E-state index contributed by atoms with van der Waals surface area (Å²) in [6, 6.07) is 24.0. The number of hydrogen-bond acceptors (Lipinski definition) is 8. The molecule has 3 aromatic carbocycles. The van der Waals surface area contributed by atoms with Crippen molar-refractivity contribution in [3.8, 4) is 45.9 Å². The number of carbonyl (C=O) groups excluding carboxylic acids is 1. The first-order chi connectivity index (χ1) is 19.5. The van der Waals surface area contributed by atoms with Crippen molar-refractivity contribution in [3.63, 3.8) is 0 Å². The maximum absolute atomic E-state index is 13.4. The van der Waals surface area contributed by atoms with Gasteiger partial charge in [0.25, 0.3) is 11.8 Å². The summed E-state index contributed by atoms with van der Waals surface area (Å²) in [6.07, 6.45) is 0. The number of primary amides is 1. The van der Waals surface area contributed by atoms with Crippen molar-refractivity contribution in [2.75, 3.05) is 0 Å². The molecule has 0 aliphatic carbocycles. The van der Waals surface area contributed by atoms with Gasteiger partial charge in [0, 0.05) is 17.2 Å². The Morgan fingerprint density at radius 2 is 1.73 bits per heavy atom. The second-order valence-electron chi connectivity index (χ2n) is 8.80. The van der Waals surface area contributed by atoms with Crippen LogP contribution in [0.25, 0.3) is 40.2 Å². The molecular weight excluding hydrogens is 515 g/mol. The van der Waals surface area contributed by atoms with Gasteiger partial charge in [-0.25, -0.2) is 14.4 Å². The van der Waals surface area contributed by atoms with Crippen LogP contribution in [0.3, 0.4) is 0 Å². The molecule has 6 rings (SSSR count). The Morgan fingerprint density at radius 1 is 0.975 bits per heavy atom. The van der Waals surface area contributed by atoms with Crippen LogP contribution in [0.1, 0.15) is 21.9 Å². The van der Waals surface area contributed by atoms with Crippen molar-refractivity contribution >= 4 is 5.91 Å². The number of nitrogens with two attached hydrogens (primary N) is 1. The molecule has 198 valence electrons. The van der Waals surface area contributed by atoms with Crippen LogP contribution in [0.2, 0.25) is 0 Å². The van der Waals surface area contributed by atoms with Crippen LogP contribution in [0.4, 0.5) is 4.39 Å². The number of para-hydroxylation sites is 1. The van der Waals surface area contributed by atoms with Crippen molar-refractivity contribution in [1.82, 2.24) is 24.9 Å². The third-order valence-electron chi connectivity index (χ3n) is 6.03. The summed E-state index contributed by atoms with van der Waals surface area (Å²) >= 11 is 0. The van der Waals surface area contributed by atoms with Crippen LogP contribution in [0.15, 0.2) is 93.9 Å². The first-order valence-corrected chi connectivity index (χ1v) is 12.2. The number of carbonyl (C=O) groups is 1. The molecule has 2 N–H and O–H groups in total. The van der Waals surface area contributed by atoms with Gasteiger partial charge in [-0.1, -0.05) is 41.6 Å². The Balaban J connectivity index is 1.44. The monoisotopic (exact) mass is 536 g/mol. The summed E-state index contributed by atoms with van der Waals surface area (Å²) in [4.78, 5) is 21.3. The summed E-state index contributed by atoms with van der Waals surface area (Å²) in [7, 11) is 0. The van der Waals surface area contributed by atoms with Crippen molar-refractivity contribution < 1.29 is 22.9 Å². The lowest BCUT2D eigenvalue weighted by atomic mass is 10.1. The second kappa shape index (κ2) is 10.3. The average Bonchev–Trinajstić information content (AvgIpc) is 3.72. The van der Waals surface area contributed by atoms with E-state index in [1.165, 1.54) is 16.8 Å².